The molecule has 0 saturated heterocycles. The summed E-state index contributed by atoms with van der Waals surface area (Å²) in [4.78, 5) is 4.05. The Morgan fingerprint density at radius 1 is 1.57 bits per heavy atom. The molecule has 0 unspecified atom stereocenters. The van der Waals surface area contributed by atoms with E-state index in [0.29, 0.717) is 10.8 Å². The molecule has 1 aromatic heterocycles. The molecule has 0 atom stereocenters. The average molecular weight is 214 g/mol. The lowest BCUT2D eigenvalue weighted by Crippen LogP contribution is -2.26. The second-order valence-corrected chi connectivity index (χ2v) is 3.25. The Balaban J connectivity index is 3.12. The van der Waals surface area contributed by atoms with Crippen molar-refractivity contribution >= 4 is 17.4 Å². The summed E-state index contributed by atoms with van der Waals surface area (Å²) in [6.45, 7) is 1.87. The smallest absolute Gasteiger partial charge is 0.171 e. The number of nitrogens with two attached hydrogens (primary N) is 2. The number of aromatic nitrogens is 1. The molecular formula is C8H12ClN5. The van der Waals surface area contributed by atoms with E-state index in [4.69, 9.17) is 23.2 Å². The summed E-state index contributed by atoms with van der Waals surface area (Å²) in [5, 5.41) is 5.33. The van der Waals surface area contributed by atoms with Crippen LogP contribution in [-0.4, -0.2) is 23.0 Å². The molecule has 0 spiro atoms. The molecule has 14 heavy (non-hydrogen) atoms. The first-order valence-corrected chi connectivity index (χ1v) is 4.34. The summed E-state index contributed by atoms with van der Waals surface area (Å²) in [7, 11) is 1.58. The monoisotopic (exact) mass is 213 g/mol. The molecule has 0 amide bonds. The zero-order chi connectivity index (χ0) is 10.7. The fourth-order valence-corrected chi connectivity index (χ4v) is 1.13. The average Bonchev–Trinajstić information content (AvgIpc) is 2.08. The lowest BCUT2D eigenvalue weighted by atomic mass is 10.2. The maximum absolute atomic E-state index is 5.73. The molecule has 1 rings (SSSR count). The topological polar surface area (TPSA) is 80.5 Å². The van der Waals surface area contributed by atoms with Crippen molar-refractivity contribution < 1.29 is 0 Å². The van der Waals surface area contributed by atoms with Crippen molar-refractivity contribution in [3.63, 3.8) is 0 Å². The van der Waals surface area contributed by atoms with Crippen LogP contribution in [-0.2, 0) is 0 Å². The number of hydrazine groups is 1. The minimum Gasteiger partial charge on any atom is -0.380 e. The molecular weight excluding hydrogens is 202 g/mol. The highest BCUT2D eigenvalue weighted by molar-refractivity contribution is 6.29. The number of hydrogen-bond acceptors (Lipinski definition) is 4. The first-order chi connectivity index (χ1) is 6.50. The van der Waals surface area contributed by atoms with E-state index >= 15 is 0 Å². The molecule has 0 aliphatic rings. The van der Waals surface area contributed by atoms with Crippen LogP contribution >= 0.6 is 11.6 Å². The Labute approximate surface area is 87.3 Å². The van der Waals surface area contributed by atoms with Gasteiger partial charge in [-0.2, -0.15) is 0 Å². The van der Waals surface area contributed by atoms with Gasteiger partial charge in [0, 0.05) is 7.05 Å². The first-order valence-electron chi connectivity index (χ1n) is 3.96. The number of rotatable bonds is 2. The van der Waals surface area contributed by atoms with Crippen molar-refractivity contribution in [1.82, 2.24) is 10.1 Å². The fourth-order valence-electron chi connectivity index (χ4n) is 0.982. The minimum absolute atomic E-state index is 0.245. The highest BCUT2D eigenvalue weighted by atomic mass is 35.5. The van der Waals surface area contributed by atoms with Gasteiger partial charge < -0.3 is 5.73 Å². The molecule has 5 nitrogen and oxygen atoms in total. The number of aryl methyl sites for hydroxylation is 1. The first kappa shape index (κ1) is 10.7. The third-order valence-corrected chi connectivity index (χ3v) is 1.78. The van der Waals surface area contributed by atoms with Crippen molar-refractivity contribution in [2.75, 3.05) is 7.05 Å². The lowest BCUT2D eigenvalue weighted by Gasteiger charge is -2.08. The Morgan fingerprint density at radius 3 is 2.79 bits per heavy atom. The summed E-state index contributed by atoms with van der Waals surface area (Å²) >= 11 is 5.73. The number of pyridine rings is 1. The highest BCUT2D eigenvalue weighted by Crippen LogP contribution is 2.10. The number of hydrogen-bond donors (Lipinski definition) is 2. The molecule has 76 valence electrons. The summed E-state index contributed by atoms with van der Waals surface area (Å²) < 4.78 is 0. The number of halogens is 1. The SMILES string of the molecule is Cc1ccc(Cl)nc1/C(N)=N/N(C)N. The molecule has 4 N–H and O–H groups in total. The van der Waals surface area contributed by atoms with Crippen LogP contribution in [0, 0.1) is 6.92 Å². The van der Waals surface area contributed by atoms with Crippen molar-refractivity contribution in [1.29, 1.82) is 0 Å². The van der Waals surface area contributed by atoms with E-state index in [2.05, 4.69) is 10.1 Å². The lowest BCUT2D eigenvalue weighted by molar-refractivity contribution is 0.371. The van der Waals surface area contributed by atoms with E-state index in [0.717, 1.165) is 10.7 Å². The van der Waals surface area contributed by atoms with Crippen LogP contribution in [0.25, 0.3) is 0 Å². The van der Waals surface area contributed by atoms with Gasteiger partial charge in [0.05, 0.1) is 0 Å². The summed E-state index contributed by atoms with van der Waals surface area (Å²) in [5.41, 5.74) is 7.12. The summed E-state index contributed by atoms with van der Waals surface area (Å²) in [5.74, 6) is 5.57. The molecule has 0 bridgehead atoms. The fraction of sp³-hybridized carbons (Fsp3) is 0.250. The van der Waals surface area contributed by atoms with Crippen LogP contribution in [0.15, 0.2) is 17.2 Å². The van der Waals surface area contributed by atoms with Crippen LogP contribution in [0.1, 0.15) is 11.3 Å². The van der Waals surface area contributed by atoms with Gasteiger partial charge >= 0.3 is 0 Å². The van der Waals surface area contributed by atoms with Gasteiger partial charge in [0.15, 0.2) is 5.84 Å². The standard InChI is InChI=1S/C8H12ClN5/c1-5-3-4-6(9)12-7(5)8(10)13-14(2)11/h3-4H,11H2,1-2H3,(H2,10,13). The minimum atomic E-state index is 0.245. The van der Waals surface area contributed by atoms with Crippen LogP contribution in [0.5, 0.6) is 0 Å². The molecule has 0 aliphatic heterocycles. The molecule has 0 saturated carbocycles. The van der Waals surface area contributed by atoms with E-state index in [1.54, 1.807) is 13.1 Å². The summed E-state index contributed by atoms with van der Waals surface area (Å²) in [6, 6.07) is 3.52. The summed E-state index contributed by atoms with van der Waals surface area (Å²) in [6.07, 6.45) is 0. The van der Waals surface area contributed by atoms with E-state index in [1.807, 2.05) is 13.0 Å². The Morgan fingerprint density at radius 2 is 2.21 bits per heavy atom. The number of hydrazone groups is 1. The van der Waals surface area contributed by atoms with E-state index in [9.17, 15) is 0 Å². The van der Waals surface area contributed by atoms with Gasteiger partial charge in [-0.15, -0.1) is 5.10 Å². The maximum Gasteiger partial charge on any atom is 0.171 e. The Bertz CT molecular complexity index is 361. The van der Waals surface area contributed by atoms with Gasteiger partial charge in [-0.3, -0.25) is 0 Å². The van der Waals surface area contributed by atoms with Crippen molar-refractivity contribution in [2.45, 2.75) is 6.92 Å². The predicted molar refractivity (Wildman–Crippen MR) is 56.7 cm³/mol. The van der Waals surface area contributed by atoms with Crippen molar-refractivity contribution in [3.05, 3.63) is 28.5 Å². The molecule has 1 aromatic rings. The van der Waals surface area contributed by atoms with Crippen LogP contribution < -0.4 is 11.6 Å². The third kappa shape index (κ3) is 2.58. The van der Waals surface area contributed by atoms with Crippen molar-refractivity contribution in [2.24, 2.45) is 16.7 Å². The van der Waals surface area contributed by atoms with Gasteiger partial charge in [-0.25, -0.2) is 15.9 Å². The highest BCUT2D eigenvalue weighted by Gasteiger charge is 2.06. The van der Waals surface area contributed by atoms with E-state index < -0.39 is 0 Å². The Kier molecular flexibility index (Phi) is 3.27. The third-order valence-electron chi connectivity index (χ3n) is 1.57. The number of amidine groups is 1. The quantitative estimate of drug-likeness (QED) is 0.246. The van der Waals surface area contributed by atoms with Gasteiger partial charge in [-0.1, -0.05) is 17.7 Å². The maximum atomic E-state index is 5.73. The zero-order valence-corrected chi connectivity index (χ0v) is 8.78. The van der Waals surface area contributed by atoms with Crippen molar-refractivity contribution in [3.8, 4) is 0 Å². The Hall–Kier alpha value is -1.33. The molecule has 0 aromatic carbocycles. The molecule has 1 heterocycles. The van der Waals surface area contributed by atoms with Crippen LogP contribution in [0.3, 0.4) is 0 Å². The van der Waals surface area contributed by atoms with Gasteiger partial charge in [-0.05, 0) is 18.6 Å². The second kappa shape index (κ2) is 4.26. The molecule has 6 heteroatoms. The predicted octanol–water partition coefficient (Wildman–Crippen LogP) is 0.469. The second-order valence-electron chi connectivity index (χ2n) is 2.86. The number of nitrogens with zero attached hydrogens (tertiary/aromatic N) is 3. The van der Waals surface area contributed by atoms with Gasteiger partial charge in [0.1, 0.15) is 10.8 Å². The van der Waals surface area contributed by atoms with Crippen LogP contribution in [0.2, 0.25) is 5.15 Å². The van der Waals surface area contributed by atoms with Gasteiger partial charge in [0.25, 0.3) is 0 Å². The zero-order valence-electron chi connectivity index (χ0n) is 8.03. The molecule has 0 aliphatic carbocycles. The van der Waals surface area contributed by atoms with E-state index in [1.165, 1.54) is 0 Å². The van der Waals surface area contributed by atoms with Gasteiger partial charge in [0.2, 0.25) is 0 Å². The van der Waals surface area contributed by atoms with Crippen LogP contribution in [0.4, 0.5) is 0 Å². The van der Waals surface area contributed by atoms with E-state index in [-0.39, 0.29) is 5.84 Å². The molecule has 0 fully saturated rings. The normalized spacial score (nSPS) is 11.6. The largest absolute Gasteiger partial charge is 0.380 e. The molecule has 0 radical (unpaired) electrons.